The maximum atomic E-state index is 12.7. The van der Waals surface area contributed by atoms with E-state index in [1.54, 1.807) is 41.7 Å². The lowest BCUT2D eigenvalue weighted by Gasteiger charge is -2.08. The van der Waals surface area contributed by atoms with Crippen LogP contribution in [0.4, 0.5) is 0 Å². The Morgan fingerprint density at radius 2 is 1.90 bits per heavy atom. The average Bonchev–Trinajstić information content (AvgIpc) is 3.35. The highest BCUT2D eigenvalue weighted by atomic mass is 32.1. The van der Waals surface area contributed by atoms with Crippen LogP contribution in [0.5, 0.6) is 0 Å². The molecule has 0 atom stereocenters. The van der Waals surface area contributed by atoms with Crippen molar-refractivity contribution in [1.29, 1.82) is 0 Å². The van der Waals surface area contributed by atoms with Crippen LogP contribution < -0.4 is 5.43 Å². The minimum atomic E-state index is -0.849. The molecule has 0 aliphatic rings. The number of esters is 1. The van der Waals surface area contributed by atoms with E-state index in [1.807, 2.05) is 31.4 Å². The van der Waals surface area contributed by atoms with Crippen molar-refractivity contribution in [2.45, 2.75) is 20.4 Å². The van der Waals surface area contributed by atoms with Gasteiger partial charge in [-0.1, -0.05) is 18.2 Å². The largest absolute Gasteiger partial charge is 0.451 e. The number of carbonyl (C=O) groups excluding carboxylic acids is 2. The molecule has 152 valence electrons. The van der Waals surface area contributed by atoms with Gasteiger partial charge < -0.3 is 13.7 Å². The zero-order valence-electron chi connectivity index (χ0n) is 16.5. The van der Waals surface area contributed by atoms with E-state index in [0.717, 1.165) is 17.5 Å². The van der Waals surface area contributed by atoms with Crippen molar-refractivity contribution >= 4 is 34.1 Å². The zero-order valence-corrected chi connectivity index (χ0v) is 17.3. The fraction of sp³-hybridized carbons (Fsp3) is 0.174. The predicted octanol–water partition coefficient (Wildman–Crippen LogP) is 4.36. The Hall–Kier alpha value is -3.45. The van der Waals surface area contributed by atoms with Crippen LogP contribution in [0.15, 0.2) is 63.1 Å². The smallest absolute Gasteiger partial charge is 0.374 e. The van der Waals surface area contributed by atoms with E-state index in [1.165, 1.54) is 4.88 Å². The molecular weight excluding hydrogens is 402 g/mol. The first kappa shape index (κ1) is 19.8. The fourth-order valence-electron chi connectivity index (χ4n) is 3.37. The van der Waals surface area contributed by atoms with Gasteiger partial charge in [-0.3, -0.25) is 9.59 Å². The quantitative estimate of drug-likeness (QED) is 0.341. The Kier molecular flexibility index (Phi) is 5.37. The Morgan fingerprint density at radius 1 is 1.10 bits per heavy atom. The van der Waals surface area contributed by atoms with E-state index < -0.39 is 12.6 Å². The number of ether oxygens (including phenoxy) is 1. The minimum absolute atomic E-state index is 0.227. The molecule has 1 aromatic carbocycles. The number of nitrogens with zero attached hydrogens (tertiary/aromatic N) is 1. The van der Waals surface area contributed by atoms with Gasteiger partial charge in [-0.15, -0.1) is 11.3 Å². The zero-order chi connectivity index (χ0) is 21.3. The van der Waals surface area contributed by atoms with Gasteiger partial charge in [0.1, 0.15) is 5.58 Å². The summed E-state index contributed by atoms with van der Waals surface area (Å²) in [4.78, 5) is 38.3. The number of aromatic nitrogens is 1. The highest BCUT2D eigenvalue weighted by molar-refractivity contribution is 7.09. The summed E-state index contributed by atoms with van der Waals surface area (Å²) in [5, 5.41) is 2.39. The predicted molar refractivity (Wildman–Crippen MR) is 114 cm³/mol. The summed E-state index contributed by atoms with van der Waals surface area (Å²) in [5.74, 6) is -1.38. The second-order valence-corrected chi connectivity index (χ2v) is 7.95. The number of fused-ring (bicyclic) bond motifs is 1. The highest BCUT2D eigenvalue weighted by Gasteiger charge is 2.20. The summed E-state index contributed by atoms with van der Waals surface area (Å²) in [7, 11) is 0. The molecule has 0 spiro atoms. The van der Waals surface area contributed by atoms with Crippen molar-refractivity contribution in [3.8, 4) is 0 Å². The molecule has 3 aromatic heterocycles. The first-order valence-electron chi connectivity index (χ1n) is 9.36. The van der Waals surface area contributed by atoms with Gasteiger partial charge >= 0.3 is 5.97 Å². The van der Waals surface area contributed by atoms with Crippen LogP contribution in [0.25, 0.3) is 11.0 Å². The molecule has 0 N–H and O–H groups in total. The monoisotopic (exact) mass is 421 g/mol. The Bertz CT molecular complexity index is 1300. The summed E-state index contributed by atoms with van der Waals surface area (Å²) >= 11 is 1.66. The molecular formula is C23H19NO5S. The molecule has 0 aliphatic carbocycles. The van der Waals surface area contributed by atoms with Gasteiger partial charge in [0.15, 0.2) is 12.0 Å². The first-order valence-corrected chi connectivity index (χ1v) is 10.2. The third kappa shape index (κ3) is 3.84. The second-order valence-electron chi connectivity index (χ2n) is 6.92. The van der Waals surface area contributed by atoms with Crippen LogP contribution in [-0.4, -0.2) is 22.9 Å². The lowest BCUT2D eigenvalue weighted by atomic mass is 10.1. The lowest BCUT2D eigenvalue weighted by Crippen LogP contribution is -2.16. The molecule has 0 aliphatic heterocycles. The van der Waals surface area contributed by atoms with E-state index >= 15 is 0 Å². The van der Waals surface area contributed by atoms with Crippen LogP contribution in [-0.2, 0) is 11.3 Å². The van der Waals surface area contributed by atoms with Gasteiger partial charge in [-0.25, -0.2) is 4.79 Å². The maximum absolute atomic E-state index is 12.7. The SMILES string of the molecule is Cc1cc(C(=O)COC(=O)c2cc(=O)c3ccccc3o2)c(C)n1Cc1cccs1. The van der Waals surface area contributed by atoms with Gasteiger partial charge in [0.25, 0.3) is 0 Å². The fourth-order valence-corrected chi connectivity index (χ4v) is 4.06. The first-order chi connectivity index (χ1) is 14.4. The average molecular weight is 421 g/mol. The number of rotatable bonds is 6. The van der Waals surface area contributed by atoms with Crippen LogP contribution >= 0.6 is 11.3 Å². The van der Waals surface area contributed by atoms with Crippen molar-refractivity contribution in [2.75, 3.05) is 6.61 Å². The molecule has 0 saturated carbocycles. The van der Waals surface area contributed by atoms with Gasteiger partial charge in [0.05, 0.1) is 11.9 Å². The van der Waals surface area contributed by atoms with Gasteiger partial charge in [-0.2, -0.15) is 0 Å². The van der Waals surface area contributed by atoms with Crippen molar-refractivity contribution < 1.29 is 18.7 Å². The van der Waals surface area contributed by atoms with Crippen LogP contribution in [0.1, 0.15) is 37.2 Å². The van der Waals surface area contributed by atoms with Crippen LogP contribution in [0, 0.1) is 13.8 Å². The van der Waals surface area contributed by atoms with Crippen molar-refractivity contribution in [1.82, 2.24) is 4.57 Å². The summed E-state index contributed by atoms with van der Waals surface area (Å²) < 4.78 is 12.6. The number of aryl methyl sites for hydroxylation is 1. The summed E-state index contributed by atoms with van der Waals surface area (Å²) in [6, 6.07) is 13.6. The van der Waals surface area contributed by atoms with Gasteiger partial charge in [-0.05, 0) is 43.5 Å². The van der Waals surface area contributed by atoms with Crippen LogP contribution in [0.3, 0.4) is 0 Å². The number of hydrogen-bond acceptors (Lipinski definition) is 6. The Morgan fingerprint density at radius 3 is 2.67 bits per heavy atom. The minimum Gasteiger partial charge on any atom is -0.451 e. The van der Waals surface area contributed by atoms with Gasteiger partial charge in [0, 0.05) is 27.9 Å². The molecule has 0 amide bonds. The molecule has 3 heterocycles. The number of ketones is 1. The molecule has 30 heavy (non-hydrogen) atoms. The molecule has 7 heteroatoms. The Balaban J connectivity index is 1.48. The van der Waals surface area contributed by atoms with Crippen molar-refractivity contribution in [3.63, 3.8) is 0 Å². The van der Waals surface area contributed by atoms with Crippen LogP contribution in [0.2, 0.25) is 0 Å². The molecule has 0 radical (unpaired) electrons. The number of Topliss-reactive ketones (excluding diaryl/α,β-unsaturated/α-hetero) is 1. The van der Waals surface area contributed by atoms with E-state index in [0.29, 0.717) is 23.1 Å². The van der Waals surface area contributed by atoms with Crippen molar-refractivity contribution in [2.24, 2.45) is 0 Å². The van der Waals surface area contributed by atoms with Gasteiger partial charge in [0.2, 0.25) is 11.5 Å². The highest BCUT2D eigenvalue weighted by Crippen LogP contribution is 2.20. The molecule has 4 rings (SSSR count). The molecule has 6 nitrogen and oxygen atoms in total. The maximum Gasteiger partial charge on any atom is 0.374 e. The number of hydrogen-bond donors (Lipinski definition) is 0. The summed E-state index contributed by atoms with van der Waals surface area (Å²) in [6.07, 6.45) is 0. The second kappa shape index (κ2) is 8.12. The molecule has 0 unspecified atom stereocenters. The molecule has 0 fully saturated rings. The van der Waals surface area contributed by atoms with E-state index in [-0.39, 0.29) is 17.0 Å². The molecule has 4 aromatic rings. The Labute approximate surface area is 176 Å². The number of thiophene rings is 1. The summed E-state index contributed by atoms with van der Waals surface area (Å²) in [5.41, 5.74) is 2.24. The van der Waals surface area contributed by atoms with E-state index in [4.69, 9.17) is 9.15 Å². The third-order valence-corrected chi connectivity index (χ3v) is 5.80. The number of carbonyl (C=O) groups is 2. The number of benzene rings is 1. The number of para-hydroxylation sites is 1. The lowest BCUT2D eigenvalue weighted by molar-refractivity contribution is 0.0444. The standard InChI is InChI=1S/C23H19NO5S/c1-14-10-18(15(2)24(14)12-16-6-5-9-30-16)20(26)13-28-23(27)22-11-19(25)17-7-3-4-8-21(17)29-22/h3-11H,12-13H2,1-2H3. The topological polar surface area (TPSA) is 78.5 Å². The van der Waals surface area contributed by atoms with Crippen molar-refractivity contribution in [3.05, 3.63) is 91.7 Å². The van der Waals surface area contributed by atoms with E-state index in [9.17, 15) is 14.4 Å². The summed E-state index contributed by atoms with van der Waals surface area (Å²) in [6.45, 7) is 4.06. The molecule has 0 bridgehead atoms. The van der Waals surface area contributed by atoms with E-state index in [2.05, 4.69) is 4.57 Å². The molecule has 0 saturated heterocycles. The normalized spacial score (nSPS) is 11.0. The third-order valence-electron chi connectivity index (χ3n) is 4.94.